The van der Waals surface area contributed by atoms with E-state index in [4.69, 9.17) is 0 Å². The third-order valence-corrected chi connectivity index (χ3v) is 1.76. The van der Waals surface area contributed by atoms with Gasteiger partial charge in [0.25, 0.3) is 0 Å². The zero-order valence-corrected chi connectivity index (χ0v) is 7.98. The van der Waals surface area contributed by atoms with E-state index < -0.39 is 6.09 Å². The number of nitrogens with one attached hydrogen (secondary N) is 1. The Hall–Kier alpha value is -0.970. The van der Waals surface area contributed by atoms with Gasteiger partial charge in [0.15, 0.2) is 0 Å². The largest absolute Gasteiger partial charge is 0.433 e. The molecule has 1 amide bonds. The van der Waals surface area contributed by atoms with Crippen LogP contribution in [0, 0.1) is 0 Å². The SMILES string of the molecule is C=CSC(CC)=NOC(=O)NC. The number of carbonyl (C=O) groups excluding carboxylic acids is 1. The smallest absolute Gasteiger partial charge is 0.323 e. The molecule has 1 N–H and O–H groups in total. The number of hydrogen-bond donors (Lipinski definition) is 1. The number of amides is 1. The van der Waals surface area contributed by atoms with Crippen LogP contribution in [0.4, 0.5) is 4.79 Å². The Bertz CT molecular complexity index is 192. The highest BCUT2D eigenvalue weighted by atomic mass is 32.2. The van der Waals surface area contributed by atoms with Gasteiger partial charge in [0, 0.05) is 7.05 Å². The first kappa shape index (κ1) is 11.0. The van der Waals surface area contributed by atoms with Gasteiger partial charge < -0.3 is 5.32 Å². The Labute approximate surface area is 76.0 Å². The summed E-state index contributed by atoms with van der Waals surface area (Å²) in [7, 11) is 1.48. The van der Waals surface area contributed by atoms with E-state index >= 15 is 0 Å². The molecule has 12 heavy (non-hydrogen) atoms. The molecule has 4 nitrogen and oxygen atoms in total. The molecule has 0 rings (SSSR count). The molecule has 0 bridgehead atoms. The molecule has 0 aromatic rings. The van der Waals surface area contributed by atoms with E-state index in [1.165, 1.54) is 18.8 Å². The molecule has 0 radical (unpaired) electrons. The molecule has 0 aliphatic carbocycles. The van der Waals surface area contributed by atoms with Crippen molar-refractivity contribution >= 4 is 22.9 Å². The fourth-order valence-electron chi connectivity index (χ4n) is 0.404. The normalized spacial score (nSPS) is 10.7. The first-order valence-corrected chi connectivity index (χ1v) is 4.35. The second kappa shape index (κ2) is 6.72. The number of oxime groups is 1. The average molecular weight is 188 g/mol. The van der Waals surface area contributed by atoms with E-state index in [0.717, 1.165) is 0 Å². The van der Waals surface area contributed by atoms with Crippen molar-refractivity contribution in [2.24, 2.45) is 5.16 Å². The molecule has 0 spiro atoms. The summed E-state index contributed by atoms with van der Waals surface area (Å²) in [5, 5.41) is 8.23. The lowest BCUT2D eigenvalue weighted by atomic mass is 10.5. The molecule has 0 atom stereocenters. The Balaban J connectivity index is 3.92. The van der Waals surface area contributed by atoms with Crippen molar-refractivity contribution in [3.05, 3.63) is 12.0 Å². The maximum absolute atomic E-state index is 10.6. The molecule has 0 aliphatic rings. The van der Waals surface area contributed by atoms with E-state index in [2.05, 4.69) is 21.9 Å². The predicted octanol–water partition coefficient (Wildman–Crippen LogP) is 1.94. The first-order chi connectivity index (χ1) is 5.74. The van der Waals surface area contributed by atoms with Gasteiger partial charge >= 0.3 is 6.09 Å². The summed E-state index contributed by atoms with van der Waals surface area (Å²) in [6.07, 6.45) is 0.152. The van der Waals surface area contributed by atoms with Gasteiger partial charge in [-0.1, -0.05) is 30.4 Å². The average Bonchev–Trinajstić information content (AvgIpc) is 2.11. The highest BCUT2D eigenvalue weighted by Gasteiger charge is 1.98. The molecule has 0 aromatic heterocycles. The highest BCUT2D eigenvalue weighted by molar-refractivity contribution is 8.16. The number of hydrogen-bond acceptors (Lipinski definition) is 4. The van der Waals surface area contributed by atoms with E-state index in [0.29, 0.717) is 11.5 Å². The van der Waals surface area contributed by atoms with E-state index in [9.17, 15) is 4.79 Å². The number of thioether (sulfide) groups is 1. The van der Waals surface area contributed by atoms with Gasteiger partial charge in [-0.2, -0.15) is 0 Å². The Kier molecular flexibility index (Phi) is 6.18. The van der Waals surface area contributed by atoms with Crippen molar-refractivity contribution < 1.29 is 9.63 Å². The van der Waals surface area contributed by atoms with Crippen LogP contribution in [-0.2, 0) is 4.84 Å². The second-order valence-corrected chi connectivity index (χ2v) is 2.79. The van der Waals surface area contributed by atoms with Crippen LogP contribution in [0.25, 0.3) is 0 Å². The fourth-order valence-corrected chi connectivity index (χ4v) is 0.843. The van der Waals surface area contributed by atoms with Crippen LogP contribution in [-0.4, -0.2) is 18.2 Å². The highest BCUT2D eigenvalue weighted by Crippen LogP contribution is 2.07. The molecule has 0 saturated carbocycles. The summed E-state index contributed by atoms with van der Waals surface area (Å²) < 4.78 is 0. The van der Waals surface area contributed by atoms with E-state index in [-0.39, 0.29) is 0 Å². The molecule has 0 aliphatic heterocycles. The van der Waals surface area contributed by atoms with Crippen molar-refractivity contribution in [1.29, 1.82) is 0 Å². The quantitative estimate of drug-likeness (QED) is 0.319. The van der Waals surface area contributed by atoms with Gasteiger partial charge in [0.2, 0.25) is 0 Å². The van der Waals surface area contributed by atoms with Crippen LogP contribution in [0.15, 0.2) is 17.1 Å². The topological polar surface area (TPSA) is 50.7 Å². The summed E-state index contributed by atoms with van der Waals surface area (Å²) in [4.78, 5) is 15.0. The molecule has 0 unspecified atom stereocenters. The van der Waals surface area contributed by atoms with E-state index in [1.807, 2.05) is 6.92 Å². The first-order valence-electron chi connectivity index (χ1n) is 3.47. The van der Waals surface area contributed by atoms with Gasteiger partial charge in [-0.3, -0.25) is 4.84 Å². The predicted molar refractivity (Wildman–Crippen MR) is 51.1 cm³/mol. The number of carbonyl (C=O) groups is 1. The minimum atomic E-state index is -0.564. The Morgan fingerprint density at radius 3 is 2.92 bits per heavy atom. The fraction of sp³-hybridized carbons (Fsp3) is 0.429. The van der Waals surface area contributed by atoms with Crippen molar-refractivity contribution in [1.82, 2.24) is 5.32 Å². The maximum atomic E-state index is 10.6. The summed E-state index contributed by atoms with van der Waals surface area (Å²) in [5.41, 5.74) is 0. The van der Waals surface area contributed by atoms with Crippen LogP contribution in [0.2, 0.25) is 0 Å². The molecule has 68 valence electrons. The van der Waals surface area contributed by atoms with Gasteiger partial charge in [-0.05, 0) is 11.8 Å². The summed E-state index contributed by atoms with van der Waals surface area (Å²) in [6.45, 7) is 5.44. The molecular weight excluding hydrogens is 176 g/mol. The second-order valence-electron chi connectivity index (χ2n) is 1.75. The third kappa shape index (κ3) is 4.79. The van der Waals surface area contributed by atoms with Crippen molar-refractivity contribution in [3.8, 4) is 0 Å². The molecular formula is C7H12N2O2S. The summed E-state index contributed by atoms with van der Waals surface area (Å²) in [5.74, 6) is 0. The van der Waals surface area contributed by atoms with Crippen LogP contribution in [0.1, 0.15) is 13.3 Å². The van der Waals surface area contributed by atoms with Crippen LogP contribution < -0.4 is 5.32 Å². The number of rotatable bonds is 3. The Morgan fingerprint density at radius 2 is 2.50 bits per heavy atom. The van der Waals surface area contributed by atoms with Gasteiger partial charge in [-0.15, -0.1) is 0 Å². The zero-order chi connectivity index (χ0) is 9.40. The minimum Gasteiger partial charge on any atom is -0.323 e. The lowest BCUT2D eigenvalue weighted by Crippen LogP contribution is -2.17. The zero-order valence-electron chi connectivity index (χ0n) is 7.16. The lowest BCUT2D eigenvalue weighted by Gasteiger charge is -1.98. The van der Waals surface area contributed by atoms with Crippen LogP contribution >= 0.6 is 11.8 Å². The standard InChI is InChI=1S/C7H12N2O2S/c1-4-6(12-5-2)9-11-7(10)8-3/h5H,2,4H2,1,3H3,(H,8,10). The van der Waals surface area contributed by atoms with Crippen LogP contribution in [0.5, 0.6) is 0 Å². The van der Waals surface area contributed by atoms with Gasteiger partial charge in [0.1, 0.15) is 5.04 Å². The number of nitrogens with zero attached hydrogens (tertiary/aromatic N) is 1. The lowest BCUT2D eigenvalue weighted by molar-refractivity contribution is 0.153. The monoisotopic (exact) mass is 188 g/mol. The molecule has 0 heterocycles. The Morgan fingerprint density at radius 1 is 1.83 bits per heavy atom. The van der Waals surface area contributed by atoms with Crippen LogP contribution in [0.3, 0.4) is 0 Å². The van der Waals surface area contributed by atoms with E-state index in [1.54, 1.807) is 5.41 Å². The summed E-state index contributed by atoms with van der Waals surface area (Å²) >= 11 is 1.34. The summed E-state index contributed by atoms with van der Waals surface area (Å²) in [6, 6.07) is 0. The minimum absolute atomic E-state index is 0.564. The molecule has 0 aromatic carbocycles. The molecule has 0 saturated heterocycles. The maximum Gasteiger partial charge on any atom is 0.433 e. The molecule has 5 heteroatoms. The van der Waals surface area contributed by atoms with Crippen molar-refractivity contribution in [2.45, 2.75) is 13.3 Å². The van der Waals surface area contributed by atoms with Gasteiger partial charge in [0.05, 0.1) is 0 Å². The van der Waals surface area contributed by atoms with Crippen molar-refractivity contribution in [2.75, 3.05) is 7.05 Å². The molecule has 0 fully saturated rings. The van der Waals surface area contributed by atoms with Crippen molar-refractivity contribution in [3.63, 3.8) is 0 Å². The van der Waals surface area contributed by atoms with Gasteiger partial charge in [-0.25, -0.2) is 4.79 Å². The third-order valence-electron chi connectivity index (χ3n) is 0.956.